The molecule has 0 saturated carbocycles. The Kier molecular flexibility index (Phi) is 4.36. The van der Waals surface area contributed by atoms with E-state index in [1.54, 1.807) is 12.1 Å². The lowest BCUT2D eigenvalue weighted by molar-refractivity contribution is 0.568. The maximum atomic E-state index is 12.5. The highest BCUT2D eigenvalue weighted by Gasteiger charge is 2.23. The second kappa shape index (κ2) is 5.75. The molecule has 114 valence electrons. The summed E-state index contributed by atoms with van der Waals surface area (Å²) in [5.41, 5.74) is 7.86. The van der Waals surface area contributed by atoms with Gasteiger partial charge in [-0.3, -0.25) is 0 Å². The molecule has 1 unspecified atom stereocenters. The summed E-state index contributed by atoms with van der Waals surface area (Å²) in [7, 11) is -3.66. The lowest BCUT2D eigenvalue weighted by Crippen LogP contribution is -2.27. The first kappa shape index (κ1) is 15.9. The van der Waals surface area contributed by atoms with E-state index >= 15 is 0 Å². The van der Waals surface area contributed by atoms with E-state index in [0.717, 1.165) is 21.1 Å². The maximum absolute atomic E-state index is 12.5. The van der Waals surface area contributed by atoms with Crippen LogP contribution in [0.1, 0.15) is 34.1 Å². The van der Waals surface area contributed by atoms with Crippen molar-refractivity contribution in [2.24, 2.45) is 0 Å². The second-order valence-corrected chi connectivity index (χ2v) is 7.98. The topological polar surface area (TPSA) is 85.1 Å². The summed E-state index contributed by atoms with van der Waals surface area (Å²) in [6.45, 7) is 7.46. The summed E-state index contributed by atoms with van der Waals surface area (Å²) in [6, 6.07) is 4.57. The zero-order chi connectivity index (χ0) is 15.8. The van der Waals surface area contributed by atoms with Crippen LogP contribution < -0.4 is 10.5 Å². The average molecular weight is 325 g/mol. The van der Waals surface area contributed by atoms with Gasteiger partial charge in [-0.25, -0.2) is 18.1 Å². The van der Waals surface area contributed by atoms with Crippen LogP contribution in [-0.4, -0.2) is 13.4 Å². The van der Waals surface area contributed by atoms with Crippen molar-refractivity contribution in [1.82, 2.24) is 9.71 Å². The molecule has 0 amide bonds. The normalized spacial score (nSPS) is 13.3. The molecule has 1 heterocycles. The molecule has 0 fully saturated rings. The van der Waals surface area contributed by atoms with Crippen LogP contribution in [0.25, 0.3) is 0 Å². The van der Waals surface area contributed by atoms with E-state index < -0.39 is 10.0 Å². The van der Waals surface area contributed by atoms with Gasteiger partial charge < -0.3 is 5.73 Å². The number of nitrogens with zero attached hydrogens (tertiary/aromatic N) is 1. The molecule has 1 atom stereocenters. The highest BCUT2D eigenvalue weighted by molar-refractivity contribution is 7.89. The zero-order valence-corrected chi connectivity index (χ0v) is 14.1. The summed E-state index contributed by atoms with van der Waals surface area (Å²) in [4.78, 5) is 5.35. The number of nitrogen functional groups attached to an aromatic ring is 1. The van der Waals surface area contributed by atoms with Crippen LogP contribution >= 0.6 is 11.3 Å². The minimum atomic E-state index is -3.66. The minimum Gasteiger partial charge on any atom is -0.398 e. The predicted octanol–water partition coefficient (Wildman–Crippen LogP) is 2.69. The Balaban J connectivity index is 2.31. The summed E-state index contributed by atoms with van der Waals surface area (Å²) in [6.07, 6.45) is 0. The summed E-state index contributed by atoms with van der Waals surface area (Å²) >= 11 is 1.50. The van der Waals surface area contributed by atoms with Crippen molar-refractivity contribution in [3.05, 3.63) is 39.3 Å². The van der Waals surface area contributed by atoms with Crippen LogP contribution in [0.4, 0.5) is 5.69 Å². The van der Waals surface area contributed by atoms with Gasteiger partial charge in [0.05, 0.1) is 22.4 Å². The van der Waals surface area contributed by atoms with E-state index in [0.29, 0.717) is 0 Å². The standard InChI is InChI=1S/C14H19N3O2S2/c1-8-5-6-13(12(15)7-8)21(18,19)17-10(3)14-9(2)16-11(4)20-14/h5-7,10,17H,15H2,1-4H3. The lowest BCUT2D eigenvalue weighted by Gasteiger charge is -2.15. The molecule has 0 bridgehead atoms. The van der Waals surface area contributed by atoms with E-state index in [1.807, 2.05) is 27.7 Å². The number of rotatable bonds is 4. The molecule has 21 heavy (non-hydrogen) atoms. The molecular weight excluding hydrogens is 306 g/mol. The molecule has 2 aromatic rings. The smallest absolute Gasteiger partial charge is 0.243 e. The molecule has 0 aliphatic carbocycles. The van der Waals surface area contributed by atoms with Gasteiger partial charge in [0.1, 0.15) is 4.90 Å². The predicted molar refractivity (Wildman–Crippen MR) is 85.9 cm³/mol. The molecule has 2 rings (SSSR count). The Morgan fingerprint density at radius 3 is 2.48 bits per heavy atom. The van der Waals surface area contributed by atoms with Crippen molar-refractivity contribution in [3.8, 4) is 0 Å². The first-order chi connectivity index (χ1) is 9.70. The number of thiazole rings is 1. The molecule has 1 aromatic heterocycles. The van der Waals surface area contributed by atoms with Gasteiger partial charge in [-0.2, -0.15) is 0 Å². The van der Waals surface area contributed by atoms with Crippen LogP contribution in [0, 0.1) is 20.8 Å². The van der Waals surface area contributed by atoms with Gasteiger partial charge in [0.15, 0.2) is 0 Å². The Hall–Kier alpha value is -1.44. The molecule has 0 radical (unpaired) electrons. The Morgan fingerprint density at radius 1 is 1.29 bits per heavy atom. The molecule has 0 aliphatic rings. The Morgan fingerprint density at radius 2 is 1.95 bits per heavy atom. The lowest BCUT2D eigenvalue weighted by atomic mass is 10.2. The number of hydrogen-bond donors (Lipinski definition) is 2. The molecule has 5 nitrogen and oxygen atoms in total. The summed E-state index contributed by atoms with van der Waals surface area (Å²) < 4.78 is 27.6. The van der Waals surface area contributed by atoms with Crippen molar-refractivity contribution in [2.45, 2.75) is 38.6 Å². The van der Waals surface area contributed by atoms with Crippen molar-refractivity contribution in [2.75, 3.05) is 5.73 Å². The zero-order valence-electron chi connectivity index (χ0n) is 12.5. The number of aryl methyl sites for hydroxylation is 3. The molecular formula is C14H19N3O2S2. The summed E-state index contributed by atoms with van der Waals surface area (Å²) in [5, 5.41) is 0.920. The van der Waals surface area contributed by atoms with Crippen LogP contribution in [0.2, 0.25) is 0 Å². The highest BCUT2D eigenvalue weighted by atomic mass is 32.2. The van der Waals surface area contributed by atoms with Crippen LogP contribution in [-0.2, 0) is 10.0 Å². The van der Waals surface area contributed by atoms with Crippen LogP contribution in [0.3, 0.4) is 0 Å². The maximum Gasteiger partial charge on any atom is 0.243 e. The number of hydrogen-bond acceptors (Lipinski definition) is 5. The van der Waals surface area contributed by atoms with Gasteiger partial charge in [-0.15, -0.1) is 11.3 Å². The number of aromatic nitrogens is 1. The van der Waals surface area contributed by atoms with Gasteiger partial charge in [0.25, 0.3) is 0 Å². The fourth-order valence-electron chi connectivity index (χ4n) is 2.21. The fraction of sp³-hybridized carbons (Fsp3) is 0.357. The van der Waals surface area contributed by atoms with E-state index in [9.17, 15) is 8.42 Å². The van der Waals surface area contributed by atoms with Crippen molar-refractivity contribution >= 4 is 27.0 Å². The van der Waals surface area contributed by atoms with Crippen LogP contribution in [0.5, 0.6) is 0 Å². The first-order valence-electron chi connectivity index (χ1n) is 6.53. The number of nitrogens with two attached hydrogens (primary N) is 1. The first-order valence-corrected chi connectivity index (χ1v) is 8.83. The van der Waals surface area contributed by atoms with Gasteiger partial charge >= 0.3 is 0 Å². The summed E-state index contributed by atoms with van der Waals surface area (Å²) in [5.74, 6) is 0. The molecule has 3 N–H and O–H groups in total. The van der Waals surface area contributed by atoms with Crippen molar-refractivity contribution in [1.29, 1.82) is 0 Å². The number of sulfonamides is 1. The molecule has 7 heteroatoms. The third kappa shape index (κ3) is 3.42. The second-order valence-electron chi connectivity index (χ2n) is 5.07. The van der Waals surface area contributed by atoms with Crippen molar-refractivity contribution < 1.29 is 8.42 Å². The van der Waals surface area contributed by atoms with E-state index in [-0.39, 0.29) is 16.6 Å². The Labute approximate surface area is 129 Å². The highest BCUT2D eigenvalue weighted by Crippen LogP contribution is 2.27. The van der Waals surface area contributed by atoms with E-state index in [4.69, 9.17) is 5.73 Å². The van der Waals surface area contributed by atoms with Gasteiger partial charge in [0.2, 0.25) is 10.0 Å². The number of anilines is 1. The van der Waals surface area contributed by atoms with Gasteiger partial charge in [0, 0.05) is 4.88 Å². The van der Waals surface area contributed by atoms with Gasteiger partial charge in [-0.1, -0.05) is 6.07 Å². The number of nitrogens with one attached hydrogen (secondary N) is 1. The third-order valence-corrected chi connectivity index (χ3v) is 5.99. The molecule has 0 saturated heterocycles. The quantitative estimate of drug-likeness (QED) is 0.846. The molecule has 1 aromatic carbocycles. The molecule has 0 aliphatic heterocycles. The SMILES string of the molecule is Cc1ccc(S(=O)(=O)NC(C)c2sc(C)nc2C)c(N)c1. The van der Waals surface area contributed by atoms with E-state index in [1.165, 1.54) is 17.4 Å². The largest absolute Gasteiger partial charge is 0.398 e. The molecule has 0 spiro atoms. The van der Waals surface area contributed by atoms with E-state index in [2.05, 4.69) is 9.71 Å². The van der Waals surface area contributed by atoms with Gasteiger partial charge in [-0.05, 0) is 45.4 Å². The number of benzene rings is 1. The van der Waals surface area contributed by atoms with Crippen LogP contribution in [0.15, 0.2) is 23.1 Å². The Bertz CT molecular complexity index is 767. The van der Waals surface area contributed by atoms with Crippen molar-refractivity contribution in [3.63, 3.8) is 0 Å². The minimum absolute atomic E-state index is 0.110. The monoisotopic (exact) mass is 325 g/mol. The third-order valence-electron chi connectivity index (χ3n) is 3.12. The fourth-order valence-corrected chi connectivity index (χ4v) is 4.54. The average Bonchev–Trinajstić information content (AvgIpc) is 2.67.